The van der Waals surface area contributed by atoms with Gasteiger partial charge in [-0.1, -0.05) is 0 Å². The molecule has 24 heteroatoms. The normalized spacial score (nSPS) is 10.3. The predicted molar refractivity (Wildman–Crippen MR) is 75.4 cm³/mol. The molecule has 1 fully saturated rings. The van der Waals surface area contributed by atoms with Gasteiger partial charge in [0.15, 0.2) is 0 Å². The van der Waals surface area contributed by atoms with Crippen molar-refractivity contribution in [3.63, 3.8) is 0 Å². The van der Waals surface area contributed by atoms with Crippen molar-refractivity contribution in [1.29, 1.82) is 0 Å². The van der Waals surface area contributed by atoms with Gasteiger partial charge in [0.1, 0.15) is 0 Å². The molecule has 27 N–H and O–H groups in total. The van der Waals surface area contributed by atoms with E-state index in [4.69, 9.17) is 0 Å². The molecular formula is CH30GaNO20Se2. The van der Waals surface area contributed by atoms with Crippen molar-refractivity contribution in [2.75, 3.05) is 7.05 Å². The summed E-state index contributed by atoms with van der Waals surface area (Å²) in [7, 11) is 1.75. The van der Waals surface area contributed by atoms with E-state index in [0.29, 0.717) is 0 Å². The van der Waals surface area contributed by atoms with Crippen molar-refractivity contribution in [1.82, 2.24) is 0 Å². The van der Waals surface area contributed by atoms with Crippen molar-refractivity contribution in [2.24, 2.45) is 0 Å². The summed E-state index contributed by atoms with van der Waals surface area (Å²) in [6, 6.07) is 0. The van der Waals surface area contributed by atoms with E-state index < -0.39 is 44.0 Å². The van der Waals surface area contributed by atoms with E-state index in [9.17, 15) is 19.5 Å². The first-order chi connectivity index (χ1) is 5.79. The molecule has 0 atom stereocenters. The quantitative estimate of drug-likeness (QED) is 0.294. The Morgan fingerprint density at radius 1 is 0.760 bits per heavy atom. The van der Waals surface area contributed by atoms with Gasteiger partial charge in [0.2, 0.25) is 0 Å². The van der Waals surface area contributed by atoms with Crippen LogP contribution in [0.4, 0.5) is 0 Å². The fraction of sp³-hybridized carbons (Fsp3) is 1.00. The molecule has 0 bridgehead atoms. The zero-order valence-electron chi connectivity index (χ0n) is 12.4. The predicted octanol–water partition coefficient (Wildman–Crippen LogP) is -14.1. The molecule has 0 aliphatic carbocycles. The molecule has 0 aromatic heterocycles. The fourth-order valence-electron chi connectivity index (χ4n) is 0.328. The second-order valence-electron chi connectivity index (χ2n) is 1.39. The van der Waals surface area contributed by atoms with E-state index in [1.165, 1.54) is 0 Å². The van der Waals surface area contributed by atoms with E-state index >= 15 is 0 Å². The standard InChI is InChI=1S/CH5N.Ga.2H2O4Se.12H2O/c1-2;;2*1-5(2,3)4;;;;;;;;;;;;/h2H2,1H3;;2*(H2,1,2,3,4);12*1H2/q;+3;;;;;;;;;;;;;;/p-3. The van der Waals surface area contributed by atoms with Gasteiger partial charge in [-0.3, -0.25) is 0 Å². The average Bonchev–Trinajstić information content (AvgIpc) is 1.84. The summed E-state index contributed by atoms with van der Waals surface area (Å²) in [5.74, 6) is 0. The SMILES string of the molecule is C[NH3+].O.O.O.O.O.O.O.O.O.O.O.O.O=[Se](=O)([O-])[O][Ga]1[O][Se](=O)(=O)[O]1. The Bertz CT molecular complexity index is 336. The van der Waals surface area contributed by atoms with Crippen LogP contribution in [-0.2, 0) is 23.2 Å². The van der Waals surface area contributed by atoms with E-state index in [1.807, 2.05) is 0 Å². The van der Waals surface area contributed by atoms with E-state index in [0.717, 1.165) is 0 Å². The van der Waals surface area contributed by atoms with Gasteiger partial charge < -0.3 is 71.4 Å². The van der Waals surface area contributed by atoms with Gasteiger partial charge in [-0.05, 0) is 0 Å². The summed E-state index contributed by atoms with van der Waals surface area (Å²) >= 11 is -13.9. The average molecular weight is 604 g/mol. The van der Waals surface area contributed by atoms with Crippen molar-refractivity contribution < 1.29 is 98.8 Å². The topological polar surface area (TPSA) is 525 Å². The Hall–Kier alpha value is 0.195. The second kappa shape index (κ2) is 39.3. The van der Waals surface area contributed by atoms with Crippen molar-refractivity contribution in [3.05, 3.63) is 0 Å². The van der Waals surface area contributed by atoms with Crippen LogP contribution in [0.5, 0.6) is 0 Å². The molecule has 1 saturated heterocycles. The zero-order valence-corrected chi connectivity index (χ0v) is 18.2. The van der Waals surface area contributed by atoms with Crippen LogP contribution in [0.3, 0.4) is 0 Å². The third kappa shape index (κ3) is 51.6. The summed E-state index contributed by atoms with van der Waals surface area (Å²) in [6.07, 6.45) is 0. The Morgan fingerprint density at radius 3 is 1.08 bits per heavy atom. The van der Waals surface area contributed by atoms with Crippen LogP contribution in [-0.4, -0.2) is 117 Å². The third-order valence-corrected chi connectivity index (χ3v) is 15.9. The maximum absolute atomic E-state index is 10.1. The van der Waals surface area contributed by atoms with Gasteiger partial charge in [0.05, 0.1) is 7.05 Å². The van der Waals surface area contributed by atoms with E-state index in [-0.39, 0.29) is 65.7 Å². The summed E-state index contributed by atoms with van der Waals surface area (Å²) in [5, 5.41) is 0. The molecule has 0 radical (unpaired) electrons. The molecule has 1 aliphatic heterocycles. The molecule has 25 heavy (non-hydrogen) atoms. The molecule has 1 aliphatic rings. The van der Waals surface area contributed by atoms with Gasteiger partial charge >= 0.3 is 71.4 Å². The monoisotopic (exact) mass is 605 g/mol. The van der Waals surface area contributed by atoms with Gasteiger partial charge in [-0.15, -0.1) is 0 Å². The summed E-state index contributed by atoms with van der Waals surface area (Å²) in [5.41, 5.74) is 3.25. The summed E-state index contributed by atoms with van der Waals surface area (Å²) in [6.45, 7) is 0. The molecule has 0 unspecified atom stereocenters. The van der Waals surface area contributed by atoms with Crippen LogP contribution < -0.4 is 9.92 Å². The molecule has 1 heterocycles. The molecule has 0 aromatic carbocycles. The van der Waals surface area contributed by atoms with E-state index in [1.54, 1.807) is 7.05 Å². The third-order valence-electron chi connectivity index (χ3n) is 0.589. The van der Waals surface area contributed by atoms with Gasteiger partial charge in [-0.25, -0.2) is 0 Å². The molecule has 0 amide bonds. The first kappa shape index (κ1) is 99.2. The van der Waals surface area contributed by atoms with E-state index in [2.05, 4.69) is 13.6 Å². The first-order valence-corrected chi connectivity index (χ1v) is 11.3. The Kier molecular flexibility index (Phi) is 156. The van der Waals surface area contributed by atoms with Crippen LogP contribution in [0.25, 0.3) is 0 Å². The van der Waals surface area contributed by atoms with Crippen LogP contribution in [0.1, 0.15) is 0 Å². The number of hydrogen-bond donors (Lipinski definition) is 1. The van der Waals surface area contributed by atoms with Crippen molar-refractivity contribution in [3.8, 4) is 0 Å². The Morgan fingerprint density at radius 2 is 0.960 bits per heavy atom. The molecule has 174 valence electrons. The maximum atomic E-state index is 10.1. The fourth-order valence-corrected chi connectivity index (χ4v) is 12.5. The molecule has 21 nitrogen and oxygen atoms in total. The summed E-state index contributed by atoms with van der Waals surface area (Å²) < 4.78 is 61.2. The molecule has 0 aromatic rings. The van der Waals surface area contributed by atoms with Gasteiger partial charge in [0.25, 0.3) is 0 Å². The van der Waals surface area contributed by atoms with Crippen LogP contribution in [0.15, 0.2) is 0 Å². The minimum atomic E-state index is -5.58. The Labute approximate surface area is 150 Å². The first-order valence-electron chi connectivity index (χ1n) is 2.75. The van der Waals surface area contributed by atoms with Gasteiger partial charge in [-0.2, -0.15) is 0 Å². The van der Waals surface area contributed by atoms with Crippen molar-refractivity contribution >= 4 is 44.0 Å². The number of hydrogen-bond acceptors (Lipinski definition) is 8. The molecule has 0 spiro atoms. The van der Waals surface area contributed by atoms with Crippen molar-refractivity contribution in [2.45, 2.75) is 0 Å². The molecular weight excluding hydrogens is 574 g/mol. The number of rotatable bonds is 2. The van der Waals surface area contributed by atoms with Crippen LogP contribution in [0, 0.1) is 0 Å². The van der Waals surface area contributed by atoms with Crippen LogP contribution in [0.2, 0.25) is 0 Å². The Balaban J connectivity index is -0.00000000905. The molecule has 0 saturated carbocycles. The zero-order chi connectivity index (χ0) is 10.7. The number of quaternary nitrogens is 1. The molecule has 1 rings (SSSR count). The summed E-state index contributed by atoms with van der Waals surface area (Å²) in [4.78, 5) is 0. The van der Waals surface area contributed by atoms with Crippen LogP contribution >= 0.6 is 0 Å². The second-order valence-corrected chi connectivity index (χ2v) is 13.5. The van der Waals surface area contributed by atoms with Gasteiger partial charge in [0, 0.05) is 0 Å². The minimum absolute atomic E-state index is 0.